The van der Waals surface area contributed by atoms with E-state index in [9.17, 15) is 13.2 Å². The van der Waals surface area contributed by atoms with Gasteiger partial charge in [0.25, 0.3) is 0 Å². The fourth-order valence-electron chi connectivity index (χ4n) is 1.58. The van der Waals surface area contributed by atoms with E-state index in [4.69, 9.17) is 0 Å². The maximum Gasteiger partial charge on any atom is 0.401 e. The molecule has 0 amide bonds. The SMILES string of the molecule is CC(C)(C)N1CCN(CC(F)(F)F)C1. The van der Waals surface area contributed by atoms with Crippen LogP contribution in [-0.2, 0) is 0 Å². The fraction of sp³-hybridized carbons (Fsp3) is 1.00. The summed E-state index contributed by atoms with van der Waals surface area (Å²) in [5.41, 5.74) is -0.0413. The summed E-state index contributed by atoms with van der Waals surface area (Å²) in [5, 5.41) is 0. The maximum atomic E-state index is 12.1. The minimum absolute atomic E-state index is 0.0413. The van der Waals surface area contributed by atoms with Gasteiger partial charge in [0, 0.05) is 18.6 Å². The molecule has 0 aromatic heterocycles. The lowest BCUT2D eigenvalue weighted by molar-refractivity contribution is -0.145. The Hall–Kier alpha value is -0.290. The molecule has 5 heteroatoms. The Labute approximate surface area is 82.7 Å². The highest BCUT2D eigenvalue weighted by atomic mass is 19.4. The van der Waals surface area contributed by atoms with Crippen LogP contribution in [0.5, 0.6) is 0 Å². The molecule has 1 fully saturated rings. The number of alkyl halides is 3. The number of nitrogens with zero attached hydrogens (tertiary/aromatic N) is 2. The monoisotopic (exact) mass is 210 g/mol. The second-order valence-electron chi connectivity index (χ2n) is 4.74. The van der Waals surface area contributed by atoms with E-state index in [2.05, 4.69) is 4.90 Å². The molecule has 1 aliphatic rings. The molecule has 1 aliphatic heterocycles. The van der Waals surface area contributed by atoms with Crippen LogP contribution in [0.25, 0.3) is 0 Å². The van der Waals surface area contributed by atoms with Crippen LogP contribution in [-0.4, -0.2) is 47.8 Å². The number of hydrogen-bond acceptors (Lipinski definition) is 2. The van der Waals surface area contributed by atoms with Gasteiger partial charge >= 0.3 is 6.18 Å². The van der Waals surface area contributed by atoms with Crippen molar-refractivity contribution in [1.29, 1.82) is 0 Å². The quantitative estimate of drug-likeness (QED) is 0.652. The Bertz CT molecular complexity index is 195. The van der Waals surface area contributed by atoms with E-state index in [-0.39, 0.29) is 5.54 Å². The van der Waals surface area contributed by atoms with Crippen molar-refractivity contribution >= 4 is 0 Å². The fourth-order valence-corrected chi connectivity index (χ4v) is 1.58. The number of halogens is 3. The topological polar surface area (TPSA) is 6.48 Å². The zero-order valence-electron chi connectivity index (χ0n) is 8.86. The van der Waals surface area contributed by atoms with Gasteiger partial charge < -0.3 is 0 Å². The highest BCUT2D eigenvalue weighted by Crippen LogP contribution is 2.22. The third-order valence-corrected chi connectivity index (χ3v) is 2.41. The molecule has 0 bridgehead atoms. The minimum atomic E-state index is -4.08. The van der Waals surface area contributed by atoms with Crippen LogP contribution in [0.3, 0.4) is 0 Å². The van der Waals surface area contributed by atoms with Gasteiger partial charge in [-0.3, -0.25) is 9.80 Å². The smallest absolute Gasteiger partial charge is 0.284 e. The summed E-state index contributed by atoms with van der Waals surface area (Å²) in [7, 11) is 0. The van der Waals surface area contributed by atoms with E-state index in [1.54, 1.807) is 0 Å². The van der Waals surface area contributed by atoms with Crippen LogP contribution in [0.15, 0.2) is 0 Å². The van der Waals surface area contributed by atoms with Crippen LogP contribution < -0.4 is 0 Å². The Kier molecular flexibility index (Phi) is 3.11. The molecule has 1 saturated heterocycles. The van der Waals surface area contributed by atoms with Gasteiger partial charge in [0.05, 0.1) is 13.2 Å². The summed E-state index contributed by atoms with van der Waals surface area (Å²) < 4.78 is 36.2. The maximum absolute atomic E-state index is 12.1. The average Bonchev–Trinajstić information content (AvgIpc) is 2.29. The molecule has 14 heavy (non-hydrogen) atoms. The van der Waals surface area contributed by atoms with Gasteiger partial charge in [0.2, 0.25) is 0 Å². The summed E-state index contributed by atoms with van der Waals surface area (Å²) in [6, 6.07) is 0. The number of rotatable bonds is 1. The van der Waals surface area contributed by atoms with Crippen LogP contribution in [0.4, 0.5) is 13.2 Å². The second-order valence-corrected chi connectivity index (χ2v) is 4.74. The van der Waals surface area contributed by atoms with Gasteiger partial charge in [-0.05, 0) is 20.8 Å². The van der Waals surface area contributed by atoms with E-state index < -0.39 is 12.7 Å². The molecule has 0 aromatic rings. The summed E-state index contributed by atoms with van der Waals surface area (Å²) in [6.45, 7) is 6.91. The van der Waals surface area contributed by atoms with E-state index in [1.165, 1.54) is 4.90 Å². The minimum Gasteiger partial charge on any atom is -0.284 e. The first-order valence-electron chi connectivity index (χ1n) is 4.73. The second kappa shape index (κ2) is 3.70. The summed E-state index contributed by atoms with van der Waals surface area (Å²) in [6.07, 6.45) is -4.08. The largest absolute Gasteiger partial charge is 0.401 e. The zero-order valence-corrected chi connectivity index (χ0v) is 8.86. The molecule has 0 aromatic carbocycles. The van der Waals surface area contributed by atoms with Crippen molar-refractivity contribution in [1.82, 2.24) is 9.80 Å². The van der Waals surface area contributed by atoms with E-state index in [0.717, 1.165) is 6.54 Å². The molecule has 1 heterocycles. The molecule has 0 spiro atoms. The predicted octanol–water partition coefficient (Wildman–Crippen LogP) is 1.92. The molecule has 0 N–H and O–H groups in total. The van der Waals surface area contributed by atoms with E-state index in [1.807, 2.05) is 20.8 Å². The van der Waals surface area contributed by atoms with Crippen LogP contribution in [0.2, 0.25) is 0 Å². The lowest BCUT2D eigenvalue weighted by Gasteiger charge is -2.31. The zero-order chi connectivity index (χ0) is 11.0. The average molecular weight is 210 g/mol. The molecule has 2 nitrogen and oxygen atoms in total. The van der Waals surface area contributed by atoms with Gasteiger partial charge in [-0.25, -0.2) is 0 Å². The summed E-state index contributed by atoms with van der Waals surface area (Å²) in [5.74, 6) is 0. The molecule has 1 rings (SSSR count). The van der Waals surface area contributed by atoms with Crippen molar-refractivity contribution in [3.8, 4) is 0 Å². The van der Waals surface area contributed by atoms with Crippen molar-refractivity contribution in [2.45, 2.75) is 32.5 Å². The van der Waals surface area contributed by atoms with Gasteiger partial charge in [-0.15, -0.1) is 0 Å². The van der Waals surface area contributed by atoms with Crippen molar-refractivity contribution in [3.05, 3.63) is 0 Å². The molecule has 0 saturated carbocycles. The van der Waals surface area contributed by atoms with E-state index >= 15 is 0 Å². The Morgan fingerprint density at radius 1 is 1.07 bits per heavy atom. The molecular formula is C9H17F3N2. The van der Waals surface area contributed by atoms with Crippen molar-refractivity contribution in [2.24, 2.45) is 0 Å². The molecular weight excluding hydrogens is 193 g/mol. The summed E-state index contributed by atoms with van der Waals surface area (Å²) >= 11 is 0. The first kappa shape index (κ1) is 11.8. The van der Waals surface area contributed by atoms with Gasteiger partial charge in [-0.1, -0.05) is 0 Å². The Balaban J connectivity index is 2.42. The van der Waals surface area contributed by atoms with Gasteiger partial charge in [-0.2, -0.15) is 13.2 Å². The van der Waals surface area contributed by atoms with Crippen molar-refractivity contribution < 1.29 is 13.2 Å². The first-order chi connectivity index (χ1) is 6.18. The third kappa shape index (κ3) is 3.46. The molecule has 0 radical (unpaired) electrons. The first-order valence-corrected chi connectivity index (χ1v) is 4.73. The van der Waals surface area contributed by atoms with Gasteiger partial charge in [0.1, 0.15) is 0 Å². The van der Waals surface area contributed by atoms with Crippen molar-refractivity contribution in [3.63, 3.8) is 0 Å². The standard InChI is InChI=1S/C9H17F3N2/c1-8(2,3)14-5-4-13(7-14)6-9(10,11)12/h4-7H2,1-3H3. The third-order valence-electron chi connectivity index (χ3n) is 2.41. The van der Waals surface area contributed by atoms with E-state index in [0.29, 0.717) is 13.2 Å². The Morgan fingerprint density at radius 3 is 2.00 bits per heavy atom. The van der Waals surface area contributed by atoms with Gasteiger partial charge in [0.15, 0.2) is 0 Å². The lowest BCUT2D eigenvalue weighted by Crippen LogP contribution is -2.41. The predicted molar refractivity (Wildman–Crippen MR) is 49.0 cm³/mol. The molecule has 0 atom stereocenters. The highest BCUT2D eigenvalue weighted by molar-refractivity contribution is 4.82. The molecule has 84 valence electrons. The van der Waals surface area contributed by atoms with Crippen LogP contribution in [0, 0.1) is 0 Å². The molecule has 0 unspecified atom stereocenters. The molecule has 0 aliphatic carbocycles. The normalized spacial score (nSPS) is 21.9. The number of hydrogen-bond donors (Lipinski definition) is 0. The summed E-state index contributed by atoms with van der Waals surface area (Å²) in [4.78, 5) is 3.49. The highest BCUT2D eigenvalue weighted by Gasteiger charge is 2.36. The van der Waals surface area contributed by atoms with Crippen LogP contribution in [0.1, 0.15) is 20.8 Å². The Morgan fingerprint density at radius 2 is 1.64 bits per heavy atom. The van der Waals surface area contributed by atoms with Crippen molar-refractivity contribution in [2.75, 3.05) is 26.3 Å². The van der Waals surface area contributed by atoms with Crippen LogP contribution >= 0.6 is 0 Å². The lowest BCUT2D eigenvalue weighted by atomic mass is 10.1.